The number of ether oxygens (including phenoxy) is 1. The molecule has 35 heavy (non-hydrogen) atoms. The van der Waals surface area contributed by atoms with Crippen molar-refractivity contribution < 1.29 is 23.7 Å². The number of hydrogen-bond acceptors (Lipinski definition) is 5. The third-order valence-corrected chi connectivity index (χ3v) is 6.62. The second-order valence-corrected chi connectivity index (χ2v) is 8.75. The predicted molar refractivity (Wildman–Crippen MR) is 130 cm³/mol. The first-order valence-corrected chi connectivity index (χ1v) is 11.7. The number of methoxy groups -OCH3 is 1. The van der Waals surface area contributed by atoms with Gasteiger partial charge in [0, 0.05) is 53.1 Å². The average molecular weight is 505 g/mol. The monoisotopic (exact) mass is 504 g/mol. The third kappa shape index (κ3) is 5.03. The van der Waals surface area contributed by atoms with Crippen molar-refractivity contribution in [3.63, 3.8) is 0 Å². The van der Waals surface area contributed by atoms with Gasteiger partial charge in [0.2, 0.25) is 0 Å². The number of fused-ring (bicyclic) bond motifs is 1. The van der Waals surface area contributed by atoms with Crippen LogP contribution in [0.1, 0.15) is 36.8 Å². The normalized spacial score (nSPS) is 14.3. The molecule has 3 atom stereocenters. The minimum absolute atomic E-state index is 0.179. The highest BCUT2D eigenvalue weighted by Gasteiger charge is 2.26. The summed E-state index contributed by atoms with van der Waals surface area (Å²) in [5, 5.41) is 24.6. The van der Waals surface area contributed by atoms with Crippen molar-refractivity contribution in [3.8, 4) is 16.9 Å². The lowest BCUT2D eigenvalue weighted by molar-refractivity contribution is 0.00991. The standard InChI is InChI=1S/C25H27ClF2N4O3/c1-3-20(33)21(34)6-7-32-13-15(11-31-32)14-8-16-18(12-30-25(16)29-10-14)17(9-27)23-22(35-2)5-4-19(28)24(23)26/h4-5,8,10-13,17,20-21,33-34H,3,6-7,9H2,1-2H3,(H,29,30)/t17-,20+,21-/m0/s1. The summed E-state index contributed by atoms with van der Waals surface area (Å²) in [6, 6.07) is 4.49. The van der Waals surface area contributed by atoms with Gasteiger partial charge >= 0.3 is 0 Å². The highest BCUT2D eigenvalue weighted by molar-refractivity contribution is 6.31. The molecular weight excluding hydrogens is 478 g/mol. The zero-order valence-corrected chi connectivity index (χ0v) is 20.1. The molecule has 0 amide bonds. The molecule has 4 rings (SSSR count). The predicted octanol–water partition coefficient (Wildman–Crippen LogP) is 4.85. The summed E-state index contributed by atoms with van der Waals surface area (Å²) in [4.78, 5) is 7.51. The largest absolute Gasteiger partial charge is 0.496 e. The smallest absolute Gasteiger partial charge is 0.142 e. The molecule has 1 aromatic carbocycles. The number of benzene rings is 1. The highest BCUT2D eigenvalue weighted by atomic mass is 35.5. The van der Waals surface area contributed by atoms with Gasteiger partial charge in [0.25, 0.3) is 0 Å². The summed E-state index contributed by atoms with van der Waals surface area (Å²) in [6.45, 7) is 1.43. The molecule has 186 valence electrons. The van der Waals surface area contributed by atoms with E-state index in [1.54, 1.807) is 23.3 Å². The summed E-state index contributed by atoms with van der Waals surface area (Å²) in [5.41, 5.74) is 2.91. The Morgan fingerprint density at radius 3 is 2.71 bits per heavy atom. The minimum atomic E-state index is -0.867. The molecule has 0 saturated heterocycles. The summed E-state index contributed by atoms with van der Waals surface area (Å²) >= 11 is 6.24. The van der Waals surface area contributed by atoms with Crippen LogP contribution >= 0.6 is 11.6 Å². The Hall–Kier alpha value is -3.01. The van der Waals surface area contributed by atoms with Crippen LogP contribution in [0.4, 0.5) is 8.78 Å². The first-order valence-electron chi connectivity index (χ1n) is 11.3. The lowest BCUT2D eigenvalue weighted by Crippen LogP contribution is -2.26. The number of pyridine rings is 1. The van der Waals surface area contributed by atoms with Gasteiger partial charge in [-0.15, -0.1) is 0 Å². The van der Waals surface area contributed by atoms with Gasteiger partial charge in [-0.2, -0.15) is 5.10 Å². The first-order chi connectivity index (χ1) is 16.9. The van der Waals surface area contributed by atoms with E-state index in [0.29, 0.717) is 41.7 Å². The quantitative estimate of drug-likeness (QED) is 0.287. The molecule has 3 heterocycles. The summed E-state index contributed by atoms with van der Waals surface area (Å²) in [6.07, 6.45) is 6.08. The van der Waals surface area contributed by atoms with Crippen LogP contribution in [0.25, 0.3) is 22.2 Å². The molecule has 0 spiro atoms. The van der Waals surface area contributed by atoms with Crippen molar-refractivity contribution in [1.29, 1.82) is 0 Å². The van der Waals surface area contributed by atoms with E-state index >= 15 is 0 Å². The maximum absolute atomic E-state index is 14.4. The van der Waals surface area contributed by atoms with Crippen molar-refractivity contribution in [3.05, 3.63) is 65.0 Å². The fraction of sp³-hybridized carbons (Fsp3) is 0.360. The Morgan fingerprint density at radius 1 is 1.20 bits per heavy atom. The molecule has 3 N–H and O–H groups in total. The number of aliphatic hydroxyl groups excluding tert-OH is 2. The van der Waals surface area contributed by atoms with Crippen LogP contribution in [-0.2, 0) is 6.54 Å². The molecule has 3 aromatic heterocycles. The number of hydrogen-bond donors (Lipinski definition) is 3. The molecule has 0 fully saturated rings. The summed E-state index contributed by atoms with van der Waals surface area (Å²) < 4.78 is 35.7. The van der Waals surface area contributed by atoms with Crippen molar-refractivity contribution >= 4 is 22.6 Å². The van der Waals surface area contributed by atoms with Crippen molar-refractivity contribution in [2.45, 2.75) is 44.4 Å². The number of nitrogens with zero attached hydrogens (tertiary/aromatic N) is 3. The van der Waals surface area contributed by atoms with Crippen LogP contribution in [0.15, 0.2) is 43.0 Å². The maximum Gasteiger partial charge on any atom is 0.142 e. The average Bonchev–Trinajstić information content (AvgIpc) is 3.52. The Bertz CT molecular complexity index is 1310. The van der Waals surface area contributed by atoms with Gasteiger partial charge in [-0.1, -0.05) is 18.5 Å². The van der Waals surface area contributed by atoms with E-state index in [0.717, 1.165) is 11.1 Å². The van der Waals surface area contributed by atoms with E-state index in [4.69, 9.17) is 16.3 Å². The van der Waals surface area contributed by atoms with E-state index in [2.05, 4.69) is 15.1 Å². The van der Waals surface area contributed by atoms with Crippen LogP contribution in [0.3, 0.4) is 0 Å². The Labute approximate surface area is 206 Å². The molecule has 0 aliphatic rings. The fourth-order valence-corrected chi connectivity index (χ4v) is 4.49. The van der Waals surface area contributed by atoms with E-state index in [1.165, 1.54) is 19.2 Å². The van der Waals surface area contributed by atoms with Gasteiger partial charge in [0.15, 0.2) is 0 Å². The SMILES string of the molecule is CC[C@@H](O)[C@@H](O)CCn1cc(-c2cnc3[nH]cc([C@H](CF)c4c(OC)ccc(F)c4Cl)c3c2)cn1. The van der Waals surface area contributed by atoms with Gasteiger partial charge in [-0.25, -0.2) is 9.37 Å². The molecule has 0 bridgehead atoms. The van der Waals surface area contributed by atoms with Gasteiger partial charge < -0.3 is 19.9 Å². The second-order valence-electron chi connectivity index (χ2n) is 8.37. The van der Waals surface area contributed by atoms with Crippen LogP contribution in [-0.4, -0.2) is 56.0 Å². The molecule has 0 aliphatic carbocycles. The maximum atomic E-state index is 14.4. The minimum Gasteiger partial charge on any atom is -0.496 e. The lowest BCUT2D eigenvalue weighted by atomic mass is 9.91. The number of alkyl halides is 1. The molecule has 0 unspecified atom stereocenters. The van der Waals surface area contributed by atoms with Crippen LogP contribution in [0.5, 0.6) is 5.75 Å². The lowest BCUT2D eigenvalue weighted by Gasteiger charge is -2.18. The number of aliphatic hydroxyl groups is 2. The molecule has 0 radical (unpaired) electrons. The summed E-state index contributed by atoms with van der Waals surface area (Å²) in [5.74, 6) is -1.22. The second kappa shape index (κ2) is 10.7. The van der Waals surface area contributed by atoms with Gasteiger partial charge in [-0.05, 0) is 36.6 Å². The third-order valence-electron chi connectivity index (χ3n) is 6.24. The molecule has 0 saturated carbocycles. The zero-order chi connectivity index (χ0) is 25.1. The molecular formula is C25H27ClF2N4O3. The number of aryl methyl sites for hydroxylation is 1. The van der Waals surface area contributed by atoms with E-state index < -0.39 is 30.6 Å². The number of nitrogens with one attached hydrogen (secondary N) is 1. The topological polar surface area (TPSA) is 96.2 Å². The number of aromatic amines is 1. The van der Waals surface area contributed by atoms with Crippen molar-refractivity contribution in [2.24, 2.45) is 0 Å². The van der Waals surface area contributed by atoms with Gasteiger partial charge in [-0.3, -0.25) is 9.07 Å². The van der Waals surface area contributed by atoms with Crippen molar-refractivity contribution in [1.82, 2.24) is 19.7 Å². The van der Waals surface area contributed by atoms with Crippen LogP contribution in [0.2, 0.25) is 5.02 Å². The first kappa shape index (κ1) is 25.1. The van der Waals surface area contributed by atoms with E-state index in [-0.39, 0.29) is 10.6 Å². The Balaban J connectivity index is 1.67. The Kier molecular flexibility index (Phi) is 7.69. The summed E-state index contributed by atoms with van der Waals surface area (Å²) in [7, 11) is 1.43. The number of aromatic nitrogens is 4. The number of halogens is 3. The van der Waals surface area contributed by atoms with Crippen LogP contribution < -0.4 is 4.74 Å². The van der Waals surface area contributed by atoms with E-state index in [9.17, 15) is 19.0 Å². The fourth-order valence-electron chi connectivity index (χ4n) is 4.20. The number of rotatable bonds is 10. The molecule has 4 aromatic rings. The molecule has 0 aliphatic heterocycles. The number of H-pyrrole nitrogens is 1. The molecule has 10 heteroatoms. The highest BCUT2D eigenvalue weighted by Crippen LogP contribution is 2.41. The van der Waals surface area contributed by atoms with Gasteiger partial charge in [0.1, 0.15) is 23.9 Å². The molecule has 7 nitrogen and oxygen atoms in total. The van der Waals surface area contributed by atoms with Crippen molar-refractivity contribution in [2.75, 3.05) is 13.8 Å². The Morgan fingerprint density at radius 2 is 2.00 bits per heavy atom. The van der Waals surface area contributed by atoms with Gasteiger partial charge in [0.05, 0.1) is 30.5 Å². The van der Waals surface area contributed by atoms with E-state index in [1.807, 2.05) is 19.2 Å². The zero-order valence-electron chi connectivity index (χ0n) is 19.4. The van der Waals surface area contributed by atoms with Crippen LogP contribution in [0, 0.1) is 5.82 Å².